The van der Waals surface area contributed by atoms with Crippen molar-refractivity contribution in [2.75, 3.05) is 12.4 Å². The third-order valence-electron chi connectivity index (χ3n) is 4.08. The quantitative estimate of drug-likeness (QED) is 0.577. The minimum Gasteiger partial charge on any atom is -0.495 e. The zero-order valence-electron chi connectivity index (χ0n) is 17.5. The number of carbonyl (C=O) groups excluding carboxylic acids is 3. The van der Waals surface area contributed by atoms with Crippen LogP contribution >= 0.6 is 0 Å². The maximum Gasteiger partial charge on any atom is 0.338 e. The molecule has 0 aromatic heterocycles. The van der Waals surface area contributed by atoms with E-state index in [4.69, 9.17) is 9.47 Å². The van der Waals surface area contributed by atoms with E-state index < -0.39 is 18.0 Å². The van der Waals surface area contributed by atoms with Crippen LogP contribution in [0.2, 0.25) is 0 Å². The molecule has 0 radical (unpaired) electrons. The Labute approximate surface area is 175 Å². The lowest BCUT2D eigenvalue weighted by atomic mass is 10.1. The number of methoxy groups -OCH3 is 1. The first-order chi connectivity index (χ1) is 14.3. The average Bonchev–Trinajstić information content (AvgIpc) is 2.72. The Morgan fingerprint density at radius 2 is 1.63 bits per heavy atom. The van der Waals surface area contributed by atoms with E-state index in [-0.39, 0.29) is 12.1 Å². The number of para-hydroxylation sites is 2. The molecule has 1 atom stereocenters. The lowest BCUT2D eigenvalue weighted by Gasteiger charge is -2.15. The molecule has 0 aliphatic heterocycles. The Kier molecular flexibility index (Phi) is 8.22. The standard InChI is InChI=1S/C22H27N3O5/c1-14(2)24-22(28)23-13-16-9-11-17(12-10-16)21(27)30-15(3)20(26)25-18-7-5-6-8-19(18)29-4/h5-12,14-15H,13H2,1-4H3,(H,25,26)(H2,23,24,28)/t15-/m0/s1. The van der Waals surface area contributed by atoms with Gasteiger partial charge in [0.1, 0.15) is 5.75 Å². The lowest BCUT2D eigenvalue weighted by Crippen LogP contribution is -2.39. The van der Waals surface area contributed by atoms with Crippen LogP contribution in [0.3, 0.4) is 0 Å². The van der Waals surface area contributed by atoms with E-state index in [2.05, 4.69) is 16.0 Å². The van der Waals surface area contributed by atoms with E-state index in [0.29, 0.717) is 23.5 Å². The summed E-state index contributed by atoms with van der Waals surface area (Å²) in [5.41, 5.74) is 1.63. The molecule has 0 saturated heterocycles. The molecule has 0 aliphatic carbocycles. The highest BCUT2D eigenvalue weighted by Crippen LogP contribution is 2.23. The molecule has 0 fully saturated rings. The molecule has 2 rings (SSSR count). The van der Waals surface area contributed by atoms with Crippen LogP contribution in [-0.2, 0) is 16.1 Å². The van der Waals surface area contributed by atoms with Gasteiger partial charge in [-0.25, -0.2) is 9.59 Å². The number of rotatable bonds is 8. The number of carbonyl (C=O) groups is 3. The van der Waals surface area contributed by atoms with Gasteiger partial charge in [0.05, 0.1) is 18.4 Å². The molecule has 3 amide bonds. The highest BCUT2D eigenvalue weighted by Gasteiger charge is 2.20. The summed E-state index contributed by atoms with van der Waals surface area (Å²) in [6.45, 7) is 5.56. The van der Waals surface area contributed by atoms with Crippen LogP contribution in [0.1, 0.15) is 36.7 Å². The van der Waals surface area contributed by atoms with Crippen LogP contribution in [-0.4, -0.2) is 37.2 Å². The summed E-state index contributed by atoms with van der Waals surface area (Å²) in [5, 5.41) is 8.14. The van der Waals surface area contributed by atoms with Gasteiger partial charge in [-0.15, -0.1) is 0 Å². The van der Waals surface area contributed by atoms with E-state index in [0.717, 1.165) is 5.56 Å². The molecule has 0 saturated carbocycles. The van der Waals surface area contributed by atoms with E-state index in [9.17, 15) is 14.4 Å². The van der Waals surface area contributed by atoms with Gasteiger partial charge in [0.25, 0.3) is 5.91 Å². The Morgan fingerprint density at radius 1 is 0.967 bits per heavy atom. The second kappa shape index (κ2) is 10.8. The van der Waals surface area contributed by atoms with Crippen molar-refractivity contribution in [3.63, 3.8) is 0 Å². The highest BCUT2D eigenvalue weighted by molar-refractivity contribution is 5.98. The Hall–Kier alpha value is -3.55. The van der Waals surface area contributed by atoms with Crippen LogP contribution in [0.4, 0.5) is 10.5 Å². The van der Waals surface area contributed by atoms with Gasteiger partial charge in [-0.05, 0) is 50.6 Å². The number of anilines is 1. The largest absolute Gasteiger partial charge is 0.495 e. The van der Waals surface area contributed by atoms with Gasteiger partial charge in [-0.2, -0.15) is 0 Å². The SMILES string of the molecule is COc1ccccc1NC(=O)[C@H](C)OC(=O)c1ccc(CNC(=O)NC(C)C)cc1. The smallest absolute Gasteiger partial charge is 0.338 e. The summed E-state index contributed by atoms with van der Waals surface area (Å²) in [6, 6.07) is 13.3. The predicted octanol–water partition coefficient (Wildman–Crippen LogP) is 3.09. The van der Waals surface area contributed by atoms with Crippen LogP contribution in [0.25, 0.3) is 0 Å². The summed E-state index contributed by atoms with van der Waals surface area (Å²) < 4.78 is 10.4. The number of benzene rings is 2. The number of amides is 3. The summed E-state index contributed by atoms with van der Waals surface area (Å²) in [4.78, 5) is 36.3. The van der Waals surface area contributed by atoms with Gasteiger partial charge in [-0.1, -0.05) is 24.3 Å². The maximum atomic E-state index is 12.3. The van der Waals surface area contributed by atoms with E-state index >= 15 is 0 Å². The molecule has 0 heterocycles. The van der Waals surface area contributed by atoms with E-state index in [1.54, 1.807) is 48.5 Å². The van der Waals surface area contributed by atoms with Gasteiger partial charge in [0.15, 0.2) is 6.10 Å². The number of urea groups is 1. The van der Waals surface area contributed by atoms with Crippen molar-refractivity contribution < 1.29 is 23.9 Å². The molecule has 0 aliphatic rings. The van der Waals surface area contributed by atoms with Gasteiger partial charge < -0.3 is 25.4 Å². The number of hydrogen-bond acceptors (Lipinski definition) is 5. The number of nitrogens with one attached hydrogen (secondary N) is 3. The number of hydrogen-bond donors (Lipinski definition) is 3. The molecule has 160 valence electrons. The first-order valence-electron chi connectivity index (χ1n) is 9.58. The molecule has 2 aromatic rings. The van der Waals surface area contributed by atoms with E-state index in [1.807, 2.05) is 13.8 Å². The van der Waals surface area contributed by atoms with Crippen molar-refractivity contribution in [3.05, 3.63) is 59.7 Å². The molecule has 2 aromatic carbocycles. The summed E-state index contributed by atoms with van der Waals surface area (Å²) >= 11 is 0. The van der Waals surface area contributed by atoms with Crippen molar-refractivity contribution in [2.24, 2.45) is 0 Å². The van der Waals surface area contributed by atoms with Gasteiger partial charge in [-0.3, -0.25) is 4.79 Å². The monoisotopic (exact) mass is 413 g/mol. The Morgan fingerprint density at radius 3 is 2.27 bits per heavy atom. The summed E-state index contributed by atoms with van der Waals surface area (Å²) in [7, 11) is 1.50. The third kappa shape index (κ3) is 6.80. The Balaban J connectivity index is 1.88. The first-order valence-corrected chi connectivity index (χ1v) is 9.58. The Bertz CT molecular complexity index is 881. The normalized spacial score (nSPS) is 11.4. The molecule has 8 nitrogen and oxygen atoms in total. The topological polar surface area (TPSA) is 106 Å². The van der Waals surface area contributed by atoms with Gasteiger partial charge in [0, 0.05) is 12.6 Å². The van der Waals surface area contributed by atoms with Crippen LogP contribution in [0, 0.1) is 0 Å². The fourth-order valence-electron chi connectivity index (χ4n) is 2.52. The van der Waals surface area contributed by atoms with Crippen molar-refractivity contribution in [1.82, 2.24) is 10.6 Å². The van der Waals surface area contributed by atoms with Crippen LogP contribution < -0.4 is 20.7 Å². The van der Waals surface area contributed by atoms with Crippen molar-refractivity contribution in [3.8, 4) is 5.75 Å². The van der Waals surface area contributed by atoms with Crippen LogP contribution in [0.15, 0.2) is 48.5 Å². The highest BCUT2D eigenvalue weighted by atomic mass is 16.5. The van der Waals surface area contributed by atoms with Crippen molar-refractivity contribution in [2.45, 2.75) is 39.5 Å². The number of esters is 1. The fraction of sp³-hybridized carbons (Fsp3) is 0.318. The van der Waals surface area contributed by atoms with Crippen molar-refractivity contribution in [1.29, 1.82) is 0 Å². The minimum absolute atomic E-state index is 0.0457. The van der Waals surface area contributed by atoms with Gasteiger partial charge in [0.2, 0.25) is 0 Å². The molecule has 3 N–H and O–H groups in total. The third-order valence-corrected chi connectivity index (χ3v) is 4.08. The summed E-state index contributed by atoms with van der Waals surface area (Å²) in [6.07, 6.45) is -0.997. The second-order valence-corrected chi connectivity index (χ2v) is 6.92. The maximum absolute atomic E-state index is 12.3. The molecule has 8 heteroatoms. The molecular weight excluding hydrogens is 386 g/mol. The molecule has 0 unspecified atom stereocenters. The predicted molar refractivity (Wildman–Crippen MR) is 113 cm³/mol. The second-order valence-electron chi connectivity index (χ2n) is 6.92. The zero-order chi connectivity index (χ0) is 22.1. The number of ether oxygens (including phenoxy) is 2. The molecule has 0 spiro atoms. The average molecular weight is 413 g/mol. The van der Waals surface area contributed by atoms with Crippen molar-refractivity contribution >= 4 is 23.6 Å². The van der Waals surface area contributed by atoms with Gasteiger partial charge >= 0.3 is 12.0 Å². The zero-order valence-corrected chi connectivity index (χ0v) is 17.5. The minimum atomic E-state index is -0.997. The molecular formula is C22H27N3O5. The lowest BCUT2D eigenvalue weighted by molar-refractivity contribution is -0.123. The fourth-order valence-corrected chi connectivity index (χ4v) is 2.52. The summed E-state index contributed by atoms with van der Waals surface area (Å²) in [5.74, 6) is -0.574. The molecule has 30 heavy (non-hydrogen) atoms. The van der Waals surface area contributed by atoms with Crippen LogP contribution in [0.5, 0.6) is 5.75 Å². The molecule has 0 bridgehead atoms. The first kappa shape index (κ1) is 22.7. The van der Waals surface area contributed by atoms with E-state index in [1.165, 1.54) is 14.0 Å².